The first-order valence-corrected chi connectivity index (χ1v) is 16.8. The first kappa shape index (κ1) is 27.0. The van der Waals surface area contributed by atoms with Gasteiger partial charge in [0.25, 0.3) is 0 Å². The van der Waals surface area contributed by atoms with Crippen LogP contribution in [0.3, 0.4) is 0 Å². The SMILES string of the molecule is c1ccc(-c2ccc(-c3nc(-c4ccc5ccccc5c4)nc(-c4ccc5c(c4)sc4ccccc45)n3)c3c2oc2ccccc23)cc1. The number of rotatable bonds is 4. The summed E-state index contributed by atoms with van der Waals surface area (Å²) in [5.74, 6) is 1.87. The Hall–Kier alpha value is -6.17. The maximum absolute atomic E-state index is 6.59. The van der Waals surface area contributed by atoms with E-state index in [0.29, 0.717) is 17.5 Å². The van der Waals surface area contributed by atoms with E-state index in [-0.39, 0.29) is 0 Å². The average Bonchev–Trinajstić information content (AvgIpc) is 3.73. The fourth-order valence-corrected chi connectivity index (χ4v) is 7.95. The molecule has 0 N–H and O–H groups in total. The van der Waals surface area contributed by atoms with E-state index in [1.807, 2.05) is 18.2 Å². The van der Waals surface area contributed by atoms with Crippen molar-refractivity contribution in [1.82, 2.24) is 15.0 Å². The lowest BCUT2D eigenvalue weighted by atomic mass is 9.98. The Kier molecular flexibility index (Phi) is 6.01. The van der Waals surface area contributed by atoms with Gasteiger partial charge in [-0.2, -0.15) is 0 Å². The molecular formula is C43H25N3OS. The van der Waals surface area contributed by atoms with Gasteiger partial charge in [-0.1, -0.05) is 115 Å². The van der Waals surface area contributed by atoms with Crippen LogP contribution in [0.1, 0.15) is 0 Å². The van der Waals surface area contributed by atoms with Crippen LogP contribution in [0.5, 0.6) is 0 Å². The van der Waals surface area contributed by atoms with Crippen molar-refractivity contribution in [3.05, 3.63) is 152 Å². The van der Waals surface area contributed by atoms with E-state index in [2.05, 4.69) is 133 Å². The van der Waals surface area contributed by atoms with Crippen LogP contribution < -0.4 is 0 Å². The van der Waals surface area contributed by atoms with Crippen LogP contribution in [0.4, 0.5) is 0 Å². The molecule has 10 rings (SSSR count). The van der Waals surface area contributed by atoms with E-state index in [4.69, 9.17) is 19.4 Å². The molecule has 224 valence electrons. The second-order valence-electron chi connectivity index (χ2n) is 12.0. The quantitative estimate of drug-likeness (QED) is 0.194. The van der Waals surface area contributed by atoms with E-state index in [0.717, 1.165) is 55.1 Å². The number of hydrogen-bond acceptors (Lipinski definition) is 5. The summed E-state index contributed by atoms with van der Waals surface area (Å²) in [6.45, 7) is 0. The summed E-state index contributed by atoms with van der Waals surface area (Å²) in [5, 5.41) is 6.85. The number of benzene rings is 7. The molecule has 0 amide bonds. The number of aromatic nitrogens is 3. The smallest absolute Gasteiger partial charge is 0.164 e. The predicted molar refractivity (Wildman–Crippen MR) is 199 cm³/mol. The number of thiophene rings is 1. The molecule has 0 aliphatic heterocycles. The van der Waals surface area contributed by atoms with Gasteiger partial charge in [-0.25, -0.2) is 15.0 Å². The number of furan rings is 1. The van der Waals surface area contributed by atoms with E-state index >= 15 is 0 Å². The second kappa shape index (κ2) is 10.7. The molecule has 48 heavy (non-hydrogen) atoms. The lowest BCUT2D eigenvalue weighted by Gasteiger charge is -2.11. The van der Waals surface area contributed by atoms with Crippen LogP contribution in [0, 0.1) is 0 Å². The first-order chi connectivity index (χ1) is 23.8. The topological polar surface area (TPSA) is 51.8 Å². The summed E-state index contributed by atoms with van der Waals surface area (Å²) in [5.41, 5.74) is 6.58. The van der Waals surface area contributed by atoms with Crippen molar-refractivity contribution in [3.8, 4) is 45.3 Å². The van der Waals surface area contributed by atoms with Gasteiger partial charge in [0.05, 0.1) is 0 Å². The lowest BCUT2D eigenvalue weighted by Crippen LogP contribution is -2.00. The average molecular weight is 632 g/mol. The van der Waals surface area contributed by atoms with Crippen molar-refractivity contribution in [1.29, 1.82) is 0 Å². The van der Waals surface area contributed by atoms with Crippen molar-refractivity contribution >= 4 is 64.2 Å². The molecule has 0 aliphatic carbocycles. The highest BCUT2D eigenvalue weighted by Crippen LogP contribution is 2.42. The van der Waals surface area contributed by atoms with Gasteiger partial charge in [0.2, 0.25) is 0 Å². The van der Waals surface area contributed by atoms with Crippen LogP contribution in [-0.4, -0.2) is 15.0 Å². The molecule has 0 aliphatic rings. The van der Waals surface area contributed by atoms with Crippen molar-refractivity contribution in [3.63, 3.8) is 0 Å². The summed E-state index contributed by atoms with van der Waals surface area (Å²) in [6.07, 6.45) is 0. The van der Waals surface area contributed by atoms with Gasteiger partial charge in [0.1, 0.15) is 11.2 Å². The number of hydrogen-bond donors (Lipinski definition) is 0. The monoisotopic (exact) mass is 631 g/mol. The minimum Gasteiger partial charge on any atom is -0.455 e. The molecule has 5 heteroatoms. The molecule has 0 radical (unpaired) electrons. The van der Waals surface area contributed by atoms with Crippen LogP contribution in [0.25, 0.3) is 98.2 Å². The first-order valence-electron chi connectivity index (χ1n) is 15.9. The zero-order chi connectivity index (χ0) is 31.6. The van der Waals surface area contributed by atoms with Gasteiger partial charge in [0, 0.05) is 53.2 Å². The van der Waals surface area contributed by atoms with Gasteiger partial charge < -0.3 is 4.42 Å². The Morgan fingerprint density at radius 1 is 0.417 bits per heavy atom. The fraction of sp³-hybridized carbons (Fsp3) is 0. The summed E-state index contributed by atoms with van der Waals surface area (Å²) in [6, 6.07) is 52.7. The molecule has 0 saturated heterocycles. The third-order valence-corrected chi connectivity index (χ3v) is 10.3. The fourth-order valence-electron chi connectivity index (χ4n) is 6.81. The van der Waals surface area contributed by atoms with Gasteiger partial charge in [-0.15, -0.1) is 11.3 Å². The Balaban J connectivity index is 1.24. The second-order valence-corrected chi connectivity index (χ2v) is 13.1. The van der Waals surface area contributed by atoms with Crippen molar-refractivity contribution in [2.75, 3.05) is 0 Å². The van der Waals surface area contributed by atoms with Crippen LogP contribution in [0.15, 0.2) is 156 Å². The molecule has 3 aromatic heterocycles. The van der Waals surface area contributed by atoms with Gasteiger partial charge in [-0.3, -0.25) is 0 Å². The normalized spacial score (nSPS) is 11.8. The van der Waals surface area contributed by atoms with Crippen molar-refractivity contribution < 1.29 is 4.42 Å². The maximum Gasteiger partial charge on any atom is 0.164 e. The Morgan fingerprint density at radius 3 is 1.94 bits per heavy atom. The minimum atomic E-state index is 0.607. The highest BCUT2D eigenvalue weighted by molar-refractivity contribution is 7.25. The lowest BCUT2D eigenvalue weighted by molar-refractivity contribution is 0.670. The summed E-state index contributed by atoms with van der Waals surface area (Å²) in [4.78, 5) is 15.5. The molecule has 4 nitrogen and oxygen atoms in total. The standard InChI is InChI=1S/C43H25N3OS/c1-2-11-27(12-3-1)31-22-23-35(39-34-15-6-8-16-36(34)47-40(31)39)43-45-41(29-19-18-26-10-4-5-13-28(26)24-29)44-42(46-43)30-20-21-33-32-14-7-9-17-37(32)48-38(33)25-30/h1-25H. The zero-order valence-electron chi connectivity index (χ0n) is 25.6. The van der Waals surface area contributed by atoms with Crippen LogP contribution in [-0.2, 0) is 0 Å². The minimum absolute atomic E-state index is 0.607. The molecule has 0 saturated carbocycles. The molecule has 7 aromatic carbocycles. The molecule has 3 heterocycles. The molecule has 10 aromatic rings. The largest absolute Gasteiger partial charge is 0.455 e. The molecule has 0 unspecified atom stereocenters. The van der Waals surface area contributed by atoms with Gasteiger partial charge >= 0.3 is 0 Å². The molecule has 0 atom stereocenters. The molecule has 0 bridgehead atoms. The zero-order valence-corrected chi connectivity index (χ0v) is 26.4. The number of para-hydroxylation sites is 1. The predicted octanol–water partition coefficient (Wildman–Crippen LogP) is 12.0. The summed E-state index contributed by atoms with van der Waals surface area (Å²) >= 11 is 1.79. The maximum atomic E-state index is 6.59. The molecule has 0 spiro atoms. The highest BCUT2D eigenvalue weighted by atomic mass is 32.1. The van der Waals surface area contributed by atoms with Crippen molar-refractivity contribution in [2.45, 2.75) is 0 Å². The van der Waals surface area contributed by atoms with E-state index < -0.39 is 0 Å². The Labute approximate surface area is 279 Å². The Morgan fingerprint density at radius 2 is 1.06 bits per heavy atom. The summed E-state index contributed by atoms with van der Waals surface area (Å²) in [7, 11) is 0. The highest BCUT2D eigenvalue weighted by Gasteiger charge is 2.21. The van der Waals surface area contributed by atoms with Gasteiger partial charge in [-0.05, 0) is 52.7 Å². The number of fused-ring (bicyclic) bond motifs is 7. The third kappa shape index (κ3) is 4.33. The van der Waals surface area contributed by atoms with E-state index in [1.54, 1.807) is 11.3 Å². The van der Waals surface area contributed by atoms with Gasteiger partial charge in [0.15, 0.2) is 17.5 Å². The number of nitrogens with zero attached hydrogens (tertiary/aromatic N) is 3. The third-order valence-electron chi connectivity index (χ3n) is 9.13. The van der Waals surface area contributed by atoms with E-state index in [1.165, 1.54) is 25.6 Å². The van der Waals surface area contributed by atoms with Crippen LogP contribution in [0.2, 0.25) is 0 Å². The Bertz CT molecular complexity index is 2850. The van der Waals surface area contributed by atoms with Crippen LogP contribution >= 0.6 is 11.3 Å². The molecular weight excluding hydrogens is 607 g/mol. The summed E-state index contributed by atoms with van der Waals surface area (Å²) < 4.78 is 9.06. The molecule has 0 fully saturated rings. The van der Waals surface area contributed by atoms with Crippen molar-refractivity contribution in [2.24, 2.45) is 0 Å². The van der Waals surface area contributed by atoms with E-state index in [9.17, 15) is 0 Å².